The topological polar surface area (TPSA) is 70.7 Å². The van der Waals surface area contributed by atoms with Crippen LogP contribution >= 0.6 is 11.6 Å². The molecule has 0 aliphatic heterocycles. The van der Waals surface area contributed by atoms with Gasteiger partial charge in [-0.15, -0.1) is 0 Å². The van der Waals surface area contributed by atoms with Crippen LogP contribution in [0.25, 0.3) is 22.6 Å². The van der Waals surface area contributed by atoms with Crippen molar-refractivity contribution in [2.75, 3.05) is 5.32 Å². The molecule has 0 unspecified atom stereocenters. The maximum absolute atomic E-state index is 13.1. The molecular formula is C26H29ClN4O. The van der Waals surface area contributed by atoms with Gasteiger partial charge in [-0.05, 0) is 74.7 Å². The van der Waals surface area contributed by atoms with Gasteiger partial charge in [-0.1, -0.05) is 43.6 Å². The van der Waals surface area contributed by atoms with Gasteiger partial charge in [-0.3, -0.25) is 4.79 Å². The number of hydrogen-bond donors (Lipinski definition) is 2. The van der Waals surface area contributed by atoms with Gasteiger partial charge in [0.1, 0.15) is 5.82 Å². The number of aryl methyl sites for hydroxylation is 2. The maximum Gasteiger partial charge on any atom is 0.234 e. The minimum absolute atomic E-state index is 0.0958. The normalized spacial score (nSPS) is 11.1. The van der Waals surface area contributed by atoms with Gasteiger partial charge in [0.05, 0.1) is 10.9 Å². The van der Waals surface area contributed by atoms with E-state index in [2.05, 4.69) is 20.3 Å². The van der Waals surface area contributed by atoms with Crippen molar-refractivity contribution in [3.63, 3.8) is 0 Å². The molecular weight excluding hydrogens is 420 g/mol. The first kappa shape index (κ1) is 23.5. The molecule has 2 heterocycles. The van der Waals surface area contributed by atoms with Gasteiger partial charge in [-0.2, -0.15) is 0 Å². The van der Waals surface area contributed by atoms with Crippen molar-refractivity contribution in [2.45, 2.75) is 47.0 Å². The number of amides is 1. The van der Waals surface area contributed by atoms with Crippen molar-refractivity contribution < 1.29 is 4.79 Å². The molecule has 5 nitrogen and oxygen atoms in total. The summed E-state index contributed by atoms with van der Waals surface area (Å²) in [5.41, 5.74) is 5.52. The minimum Gasteiger partial charge on any atom is -0.337 e. The van der Waals surface area contributed by atoms with E-state index < -0.39 is 5.41 Å². The second-order valence-corrected chi connectivity index (χ2v) is 8.52. The summed E-state index contributed by atoms with van der Waals surface area (Å²) in [6.45, 7) is 11.8. The Morgan fingerprint density at radius 1 is 1.03 bits per heavy atom. The highest BCUT2D eigenvalue weighted by Crippen LogP contribution is 2.29. The Morgan fingerprint density at radius 3 is 2.41 bits per heavy atom. The number of H-pyrrole nitrogens is 1. The van der Waals surface area contributed by atoms with Gasteiger partial charge in [0.15, 0.2) is 5.65 Å². The Morgan fingerprint density at radius 2 is 1.72 bits per heavy atom. The van der Waals surface area contributed by atoms with Crippen LogP contribution in [0, 0.1) is 13.8 Å². The number of carbonyl (C=O) groups is 1. The van der Waals surface area contributed by atoms with Gasteiger partial charge in [-0.25, -0.2) is 9.97 Å². The van der Waals surface area contributed by atoms with E-state index >= 15 is 0 Å². The summed E-state index contributed by atoms with van der Waals surface area (Å²) in [5, 5.41) is 3.69. The molecule has 0 aliphatic carbocycles. The fraction of sp³-hybridized carbons (Fsp3) is 0.269. The van der Waals surface area contributed by atoms with Gasteiger partial charge < -0.3 is 10.3 Å². The summed E-state index contributed by atoms with van der Waals surface area (Å²) in [6, 6.07) is 15.2. The molecule has 2 aromatic heterocycles. The molecule has 2 aromatic carbocycles. The number of anilines is 1. The van der Waals surface area contributed by atoms with E-state index in [1.165, 1.54) is 0 Å². The Labute approximate surface area is 194 Å². The molecule has 0 bridgehead atoms. The number of nitrogens with zero attached hydrogens (tertiary/aromatic N) is 2. The number of nitrogens with one attached hydrogen (secondary N) is 2. The Bertz CT molecular complexity index is 1240. The summed E-state index contributed by atoms with van der Waals surface area (Å²) in [6.07, 6.45) is 1.80. The highest BCUT2D eigenvalue weighted by atomic mass is 35.5. The van der Waals surface area contributed by atoms with Crippen molar-refractivity contribution in [1.82, 2.24) is 15.0 Å². The number of hydrogen-bond acceptors (Lipinski definition) is 3. The molecule has 0 saturated carbocycles. The van der Waals surface area contributed by atoms with E-state index in [0.29, 0.717) is 16.4 Å². The van der Waals surface area contributed by atoms with Crippen LogP contribution in [0.5, 0.6) is 0 Å². The lowest BCUT2D eigenvalue weighted by molar-refractivity contribution is -0.120. The fourth-order valence-corrected chi connectivity index (χ4v) is 3.50. The number of carbonyl (C=O) groups excluding carboxylic acids is 1. The number of benzene rings is 2. The third kappa shape index (κ3) is 4.83. The van der Waals surface area contributed by atoms with Crippen LogP contribution < -0.4 is 5.32 Å². The third-order valence-corrected chi connectivity index (χ3v) is 5.61. The lowest BCUT2D eigenvalue weighted by Crippen LogP contribution is -2.34. The monoisotopic (exact) mass is 448 g/mol. The Balaban J connectivity index is 0.00000141. The number of fused-ring (bicyclic) bond motifs is 1. The molecule has 0 radical (unpaired) electrons. The first-order valence-corrected chi connectivity index (χ1v) is 11.1. The van der Waals surface area contributed by atoms with Gasteiger partial charge in [0, 0.05) is 22.5 Å². The molecule has 0 atom stereocenters. The molecule has 4 aromatic rings. The number of aromatic nitrogens is 3. The van der Waals surface area contributed by atoms with Crippen molar-refractivity contribution in [2.24, 2.45) is 0 Å². The number of rotatable bonds is 4. The van der Waals surface area contributed by atoms with Crippen LogP contribution in [-0.2, 0) is 10.2 Å². The number of aromatic amines is 1. The van der Waals surface area contributed by atoms with Crippen molar-refractivity contribution >= 4 is 34.4 Å². The van der Waals surface area contributed by atoms with Crippen LogP contribution in [0.15, 0.2) is 54.7 Å². The van der Waals surface area contributed by atoms with Crippen LogP contribution in [0.1, 0.15) is 44.4 Å². The van der Waals surface area contributed by atoms with Crippen molar-refractivity contribution in [3.8, 4) is 11.4 Å². The number of imidazole rings is 1. The van der Waals surface area contributed by atoms with E-state index in [1.807, 2.05) is 77.9 Å². The summed E-state index contributed by atoms with van der Waals surface area (Å²) in [7, 11) is 0. The largest absolute Gasteiger partial charge is 0.337 e. The van der Waals surface area contributed by atoms with Gasteiger partial charge in [0.25, 0.3) is 0 Å². The highest BCUT2D eigenvalue weighted by molar-refractivity contribution is 6.30. The lowest BCUT2D eigenvalue weighted by atomic mass is 9.83. The summed E-state index contributed by atoms with van der Waals surface area (Å²) >= 11 is 5.99. The van der Waals surface area contributed by atoms with E-state index in [0.717, 1.165) is 33.6 Å². The Kier molecular flexibility index (Phi) is 6.99. The molecule has 6 heteroatoms. The molecule has 1 amide bonds. The molecule has 0 aliphatic rings. The van der Waals surface area contributed by atoms with E-state index in [4.69, 9.17) is 11.6 Å². The first-order chi connectivity index (χ1) is 15.2. The summed E-state index contributed by atoms with van der Waals surface area (Å²) in [4.78, 5) is 25.4. The molecule has 0 fully saturated rings. The molecule has 32 heavy (non-hydrogen) atoms. The second-order valence-electron chi connectivity index (χ2n) is 8.08. The predicted octanol–water partition coefficient (Wildman–Crippen LogP) is 6.84. The van der Waals surface area contributed by atoms with E-state index in [1.54, 1.807) is 18.3 Å². The molecule has 0 spiro atoms. The zero-order chi connectivity index (χ0) is 23.5. The summed E-state index contributed by atoms with van der Waals surface area (Å²) < 4.78 is 0. The smallest absolute Gasteiger partial charge is 0.234 e. The second kappa shape index (κ2) is 9.53. The van der Waals surface area contributed by atoms with Gasteiger partial charge in [0.2, 0.25) is 5.91 Å². The fourth-order valence-electron chi connectivity index (χ4n) is 3.37. The van der Waals surface area contributed by atoms with E-state index in [-0.39, 0.29) is 5.91 Å². The highest BCUT2D eigenvalue weighted by Gasteiger charge is 2.30. The van der Waals surface area contributed by atoms with E-state index in [9.17, 15) is 4.79 Å². The van der Waals surface area contributed by atoms with Crippen LogP contribution in [0.2, 0.25) is 5.02 Å². The first-order valence-electron chi connectivity index (χ1n) is 10.7. The quantitative estimate of drug-likeness (QED) is 0.359. The van der Waals surface area contributed by atoms with Crippen molar-refractivity contribution in [1.29, 1.82) is 0 Å². The zero-order valence-electron chi connectivity index (χ0n) is 19.4. The molecule has 2 N–H and O–H groups in total. The van der Waals surface area contributed by atoms with Gasteiger partial charge >= 0.3 is 0 Å². The summed E-state index contributed by atoms with van der Waals surface area (Å²) in [5.74, 6) is 0.634. The average Bonchev–Trinajstić information content (AvgIpc) is 3.19. The lowest BCUT2D eigenvalue weighted by Gasteiger charge is -2.24. The van der Waals surface area contributed by atoms with Crippen LogP contribution in [0.4, 0.5) is 5.69 Å². The maximum atomic E-state index is 13.1. The third-order valence-electron chi connectivity index (χ3n) is 5.36. The zero-order valence-corrected chi connectivity index (χ0v) is 20.1. The van der Waals surface area contributed by atoms with Crippen molar-refractivity contribution in [3.05, 3.63) is 76.4 Å². The predicted molar refractivity (Wildman–Crippen MR) is 133 cm³/mol. The van der Waals surface area contributed by atoms with Crippen LogP contribution in [-0.4, -0.2) is 20.9 Å². The standard InChI is InChI=1S/C24H23ClN4O.C2H6/c1-14-11-20-22(26-13-14)29-21(28-20)19-12-18(10-5-15(19)2)27-23(30)24(3,4)16-6-8-17(25)9-7-16;1-2/h5-13H,1-4H3,(H,27,30)(H,26,28,29);1-2H3. The molecule has 0 saturated heterocycles. The Hall–Kier alpha value is -3.18. The number of pyridine rings is 1. The average molecular weight is 449 g/mol. The SMILES string of the molecule is CC.Cc1cnc2nc(-c3cc(NC(=O)C(C)(C)c4ccc(Cl)cc4)ccc3C)[nH]c2c1. The number of halogens is 1. The van der Waals surface area contributed by atoms with Crippen LogP contribution in [0.3, 0.4) is 0 Å². The molecule has 166 valence electrons. The molecule has 4 rings (SSSR count). The minimum atomic E-state index is -0.712.